The van der Waals surface area contributed by atoms with E-state index >= 15 is 0 Å². The maximum atomic E-state index is 12.8. The second-order valence-electron chi connectivity index (χ2n) is 8.33. The fourth-order valence-corrected chi connectivity index (χ4v) is 4.01. The SMILES string of the molecule is CCOC(=O)c1cn2c(cc1=O)-c1c3c(OC)cccc3nn1CC2C(C)(C)C. The molecule has 0 N–H and O–H groups in total. The number of nitrogens with zero attached hydrogens (tertiary/aromatic N) is 3. The van der Waals surface area contributed by atoms with E-state index in [0.717, 1.165) is 22.3 Å². The van der Waals surface area contributed by atoms with Gasteiger partial charge in [0, 0.05) is 12.3 Å². The van der Waals surface area contributed by atoms with Crippen LogP contribution in [0.2, 0.25) is 0 Å². The van der Waals surface area contributed by atoms with E-state index in [9.17, 15) is 9.59 Å². The number of aromatic nitrogens is 3. The monoisotopic (exact) mass is 395 g/mol. The number of ether oxygens (including phenoxy) is 2. The summed E-state index contributed by atoms with van der Waals surface area (Å²) in [6, 6.07) is 7.24. The molecule has 152 valence electrons. The van der Waals surface area contributed by atoms with Crippen LogP contribution in [-0.4, -0.2) is 34.0 Å². The number of hydrogen-bond donors (Lipinski definition) is 0. The first-order valence-corrected chi connectivity index (χ1v) is 9.73. The minimum atomic E-state index is -0.595. The lowest BCUT2D eigenvalue weighted by Gasteiger charge is -2.38. The summed E-state index contributed by atoms with van der Waals surface area (Å²) in [4.78, 5) is 25.2. The summed E-state index contributed by atoms with van der Waals surface area (Å²) in [6.07, 6.45) is 1.64. The largest absolute Gasteiger partial charge is 0.496 e. The lowest BCUT2D eigenvalue weighted by molar-refractivity contribution is 0.0522. The van der Waals surface area contributed by atoms with Gasteiger partial charge in [-0.05, 0) is 24.5 Å². The molecule has 29 heavy (non-hydrogen) atoms. The summed E-state index contributed by atoms with van der Waals surface area (Å²) in [5.41, 5.74) is 1.92. The molecular formula is C22H25N3O4. The molecule has 0 saturated carbocycles. The number of esters is 1. The summed E-state index contributed by atoms with van der Waals surface area (Å²) < 4.78 is 14.6. The van der Waals surface area contributed by atoms with Crippen LogP contribution in [0.4, 0.5) is 0 Å². The van der Waals surface area contributed by atoms with Gasteiger partial charge >= 0.3 is 5.97 Å². The van der Waals surface area contributed by atoms with Gasteiger partial charge in [-0.3, -0.25) is 9.48 Å². The third-order valence-corrected chi connectivity index (χ3v) is 5.45. The molecule has 0 spiro atoms. The first-order valence-electron chi connectivity index (χ1n) is 9.73. The van der Waals surface area contributed by atoms with Crippen LogP contribution in [0.25, 0.3) is 22.3 Å². The van der Waals surface area contributed by atoms with E-state index in [-0.39, 0.29) is 29.1 Å². The second kappa shape index (κ2) is 6.76. The molecule has 0 aliphatic carbocycles. The number of carbonyl (C=O) groups is 1. The van der Waals surface area contributed by atoms with E-state index in [0.29, 0.717) is 12.3 Å². The maximum absolute atomic E-state index is 12.8. The molecule has 0 fully saturated rings. The standard InChI is InChI=1S/C22H25N3O4/c1-6-29-21(27)13-11-24-15(10-16(13)26)20-19-14(8-7-9-17(19)28-5)23-25(20)12-18(24)22(2,3)4/h7-11,18H,6,12H2,1-5H3. The minimum absolute atomic E-state index is 0.000848. The zero-order valence-corrected chi connectivity index (χ0v) is 17.4. The Balaban J connectivity index is 2.05. The van der Waals surface area contributed by atoms with Gasteiger partial charge in [0.2, 0.25) is 0 Å². The first-order chi connectivity index (χ1) is 13.8. The Kier molecular flexibility index (Phi) is 4.48. The van der Waals surface area contributed by atoms with Crippen molar-refractivity contribution in [3.05, 3.63) is 46.2 Å². The van der Waals surface area contributed by atoms with Gasteiger partial charge in [0.25, 0.3) is 0 Å². The molecule has 3 aromatic rings. The van der Waals surface area contributed by atoms with E-state index < -0.39 is 5.97 Å². The summed E-state index contributed by atoms with van der Waals surface area (Å²) in [5.74, 6) is 0.105. The van der Waals surface area contributed by atoms with Crippen molar-refractivity contribution in [1.29, 1.82) is 0 Å². The molecule has 7 heteroatoms. The maximum Gasteiger partial charge on any atom is 0.343 e. The molecule has 1 atom stereocenters. The van der Waals surface area contributed by atoms with Crippen LogP contribution in [0.3, 0.4) is 0 Å². The average Bonchev–Trinajstić information content (AvgIpc) is 3.05. The summed E-state index contributed by atoms with van der Waals surface area (Å²) in [7, 11) is 1.62. The van der Waals surface area contributed by atoms with Crippen LogP contribution in [0.1, 0.15) is 44.1 Å². The molecule has 0 radical (unpaired) electrons. The number of fused-ring (bicyclic) bond motifs is 5. The predicted octanol–water partition coefficient (Wildman–Crippen LogP) is 3.65. The quantitative estimate of drug-likeness (QED) is 0.633. The van der Waals surface area contributed by atoms with Crippen LogP contribution in [-0.2, 0) is 11.3 Å². The van der Waals surface area contributed by atoms with Crippen molar-refractivity contribution in [3.8, 4) is 17.1 Å². The van der Waals surface area contributed by atoms with Crippen molar-refractivity contribution in [3.63, 3.8) is 0 Å². The van der Waals surface area contributed by atoms with E-state index in [1.54, 1.807) is 20.2 Å². The Morgan fingerprint density at radius 2 is 2.07 bits per heavy atom. The molecule has 2 aromatic heterocycles. The average molecular weight is 395 g/mol. The topological polar surface area (TPSA) is 75.3 Å². The van der Waals surface area contributed by atoms with Crippen molar-refractivity contribution in [2.24, 2.45) is 5.41 Å². The molecule has 7 nitrogen and oxygen atoms in total. The Bertz CT molecular complexity index is 1170. The minimum Gasteiger partial charge on any atom is -0.496 e. The highest BCUT2D eigenvalue weighted by molar-refractivity contribution is 5.98. The highest BCUT2D eigenvalue weighted by Gasteiger charge is 2.35. The molecule has 1 aliphatic rings. The summed E-state index contributed by atoms with van der Waals surface area (Å²) >= 11 is 0. The van der Waals surface area contributed by atoms with Gasteiger partial charge < -0.3 is 14.0 Å². The van der Waals surface area contributed by atoms with Gasteiger partial charge in [0.15, 0.2) is 5.43 Å². The van der Waals surface area contributed by atoms with Gasteiger partial charge in [-0.1, -0.05) is 26.8 Å². The summed E-state index contributed by atoms with van der Waals surface area (Å²) in [5, 5.41) is 5.63. The molecule has 0 saturated heterocycles. The number of hydrogen-bond acceptors (Lipinski definition) is 5. The highest BCUT2D eigenvalue weighted by atomic mass is 16.5. The lowest BCUT2D eigenvalue weighted by atomic mass is 9.85. The van der Waals surface area contributed by atoms with Crippen LogP contribution in [0.15, 0.2) is 35.3 Å². The van der Waals surface area contributed by atoms with Crippen molar-refractivity contribution in [2.45, 2.75) is 40.3 Å². The van der Waals surface area contributed by atoms with Crippen molar-refractivity contribution >= 4 is 16.9 Å². The molecule has 4 rings (SSSR count). The van der Waals surface area contributed by atoms with Gasteiger partial charge in [-0.25, -0.2) is 4.79 Å². The molecular weight excluding hydrogens is 370 g/mol. The van der Waals surface area contributed by atoms with Crippen LogP contribution >= 0.6 is 0 Å². The zero-order valence-electron chi connectivity index (χ0n) is 17.4. The van der Waals surface area contributed by atoms with Crippen molar-refractivity contribution in [2.75, 3.05) is 13.7 Å². The third-order valence-electron chi connectivity index (χ3n) is 5.45. The first kappa shape index (κ1) is 19.2. The number of pyridine rings is 1. The number of carbonyl (C=O) groups excluding carboxylic acids is 1. The number of benzene rings is 1. The summed E-state index contributed by atoms with van der Waals surface area (Å²) in [6.45, 7) is 8.98. The molecule has 1 unspecified atom stereocenters. The third kappa shape index (κ3) is 3.01. The predicted molar refractivity (Wildman–Crippen MR) is 110 cm³/mol. The highest BCUT2D eigenvalue weighted by Crippen LogP contribution is 2.43. The van der Waals surface area contributed by atoms with Crippen molar-refractivity contribution < 1.29 is 14.3 Å². The van der Waals surface area contributed by atoms with Gasteiger partial charge in [-0.15, -0.1) is 0 Å². The second-order valence-corrected chi connectivity index (χ2v) is 8.33. The molecule has 1 aliphatic heterocycles. The smallest absolute Gasteiger partial charge is 0.343 e. The fourth-order valence-electron chi connectivity index (χ4n) is 4.01. The van der Waals surface area contributed by atoms with E-state index in [2.05, 4.69) is 20.8 Å². The Hall–Kier alpha value is -3.09. The van der Waals surface area contributed by atoms with Crippen LogP contribution in [0.5, 0.6) is 5.75 Å². The zero-order chi connectivity index (χ0) is 20.9. The van der Waals surface area contributed by atoms with Crippen LogP contribution in [0, 0.1) is 5.41 Å². The Morgan fingerprint density at radius 1 is 1.31 bits per heavy atom. The molecule has 1 aromatic carbocycles. The molecule has 0 bridgehead atoms. The number of rotatable bonds is 3. The molecule has 3 heterocycles. The Morgan fingerprint density at radius 3 is 2.72 bits per heavy atom. The normalized spacial score (nSPS) is 15.7. The molecule has 0 amide bonds. The van der Waals surface area contributed by atoms with Gasteiger partial charge in [0.1, 0.15) is 11.3 Å². The van der Waals surface area contributed by atoms with E-state index in [1.165, 1.54) is 6.07 Å². The van der Waals surface area contributed by atoms with Crippen molar-refractivity contribution in [1.82, 2.24) is 14.3 Å². The fraction of sp³-hybridized carbons (Fsp3) is 0.409. The lowest BCUT2D eigenvalue weighted by Crippen LogP contribution is -2.35. The van der Waals surface area contributed by atoms with Crippen LogP contribution < -0.4 is 10.2 Å². The van der Waals surface area contributed by atoms with E-state index in [1.807, 2.05) is 27.4 Å². The van der Waals surface area contributed by atoms with Gasteiger partial charge in [-0.2, -0.15) is 5.10 Å². The van der Waals surface area contributed by atoms with Gasteiger partial charge in [0.05, 0.1) is 48.6 Å². The Labute approximate surface area is 168 Å². The van der Waals surface area contributed by atoms with E-state index in [4.69, 9.17) is 14.6 Å². The number of methoxy groups -OCH3 is 1.